The molecule has 0 bridgehead atoms. The van der Waals surface area contributed by atoms with Crippen molar-refractivity contribution < 1.29 is 36.6 Å². The number of benzene rings is 2. The largest absolute Gasteiger partial charge is 0.460 e. The molecule has 0 aliphatic carbocycles. The number of hydrogen-bond acceptors (Lipinski definition) is 5. The Morgan fingerprint density at radius 2 is 1.59 bits per heavy atom. The Hall–Kier alpha value is -2.65. The summed E-state index contributed by atoms with van der Waals surface area (Å²) in [5.74, 6) is -0.641. The summed E-state index contributed by atoms with van der Waals surface area (Å²) in [6.07, 6.45) is -4.47. The molecule has 0 amide bonds. The van der Waals surface area contributed by atoms with Gasteiger partial charge < -0.3 is 19.5 Å². The molecule has 0 heterocycles. The molecule has 0 aliphatic rings. The van der Waals surface area contributed by atoms with E-state index in [1.54, 1.807) is 18.2 Å². The number of rotatable bonds is 11. The Morgan fingerprint density at radius 1 is 0.897 bits per heavy atom. The lowest BCUT2D eigenvalue weighted by molar-refractivity contribution is -0.137. The van der Waals surface area contributed by atoms with Crippen LogP contribution in [-0.4, -0.2) is 45.7 Å². The van der Waals surface area contributed by atoms with Crippen molar-refractivity contribution in [3.63, 3.8) is 0 Å². The maximum absolute atomic E-state index is 12.9. The van der Waals surface area contributed by atoms with E-state index in [2.05, 4.69) is 5.32 Å². The van der Waals surface area contributed by atoms with E-state index in [0.717, 1.165) is 12.1 Å². The first-order chi connectivity index (χ1) is 13.9. The molecular formula is C20H21F4NO4. The van der Waals surface area contributed by atoms with Crippen LogP contribution in [0.1, 0.15) is 15.9 Å². The zero-order chi connectivity index (χ0) is 21.1. The molecule has 0 radical (unpaired) electrons. The SMILES string of the molecule is O=C(OCCOCCOCCF)c1ccccc1Nc1cccc(C(F)(F)F)c1. The second-order valence-electron chi connectivity index (χ2n) is 5.80. The second-order valence-corrected chi connectivity index (χ2v) is 5.80. The first-order valence-corrected chi connectivity index (χ1v) is 8.83. The van der Waals surface area contributed by atoms with Crippen LogP contribution in [0, 0.1) is 0 Å². The zero-order valence-corrected chi connectivity index (χ0v) is 15.5. The minimum Gasteiger partial charge on any atom is -0.460 e. The van der Waals surface area contributed by atoms with Gasteiger partial charge in [0.1, 0.15) is 13.3 Å². The van der Waals surface area contributed by atoms with Crippen molar-refractivity contribution in [2.24, 2.45) is 0 Å². The van der Waals surface area contributed by atoms with E-state index in [0.29, 0.717) is 5.69 Å². The van der Waals surface area contributed by atoms with Gasteiger partial charge in [0.05, 0.1) is 43.2 Å². The molecule has 29 heavy (non-hydrogen) atoms. The number of ether oxygens (including phenoxy) is 3. The van der Waals surface area contributed by atoms with Gasteiger partial charge in [-0.1, -0.05) is 18.2 Å². The van der Waals surface area contributed by atoms with Crippen LogP contribution in [0.25, 0.3) is 0 Å². The minimum atomic E-state index is -4.47. The molecule has 0 spiro atoms. The molecule has 0 saturated heterocycles. The molecule has 0 unspecified atom stereocenters. The van der Waals surface area contributed by atoms with Crippen molar-refractivity contribution in [3.8, 4) is 0 Å². The normalized spacial score (nSPS) is 11.3. The van der Waals surface area contributed by atoms with Gasteiger partial charge in [0, 0.05) is 5.69 Å². The quantitative estimate of drug-likeness (QED) is 0.330. The van der Waals surface area contributed by atoms with Crippen LogP contribution in [0.15, 0.2) is 48.5 Å². The number of halogens is 4. The van der Waals surface area contributed by atoms with Crippen LogP contribution >= 0.6 is 0 Å². The summed E-state index contributed by atoms with van der Waals surface area (Å²) < 4.78 is 65.6. The number of nitrogens with one attached hydrogen (secondary N) is 1. The van der Waals surface area contributed by atoms with Crippen LogP contribution in [0.3, 0.4) is 0 Å². The van der Waals surface area contributed by atoms with Crippen LogP contribution in [0.2, 0.25) is 0 Å². The standard InChI is InChI=1S/C20H21F4NO4/c21-8-9-27-10-11-28-12-13-29-19(26)17-6-1-2-7-18(17)25-16-5-3-4-15(14-16)20(22,23)24/h1-7,14,25H,8-13H2. The molecule has 9 heteroatoms. The second kappa shape index (κ2) is 11.4. The monoisotopic (exact) mass is 415 g/mol. The van der Waals surface area contributed by atoms with Crippen LogP contribution in [0.4, 0.5) is 28.9 Å². The Morgan fingerprint density at radius 3 is 2.31 bits per heavy atom. The fraction of sp³-hybridized carbons (Fsp3) is 0.350. The lowest BCUT2D eigenvalue weighted by Gasteiger charge is -2.13. The summed E-state index contributed by atoms with van der Waals surface area (Å²) in [6, 6.07) is 11.0. The van der Waals surface area contributed by atoms with E-state index < -0.39 is 24.4 Å². The van der Waals surface area contributed by atoms with E-state index in [1.807, 2.05) is 0 Å². The van der Waals surface area contributed by atoms with Gasteiger partial charge in [0.25, 0.3) is 0 Å². The molecule has 0 saturated carbocycles. The van der Waals surface area contributed by atoms with Crippen molar-refractivity contribution in [2.75, 3.05) is 45.0 Å². The number of esters is 1. The van der Waals surface area contributed by atoms with E-state index in [1.165, 1.54) is 18.2 Å². The third-order valence-corrected chi connectivity index (χ3v) is 3.67. The maximum Gasteiger partial charge on any atom is 0.416 e. The molecule has 0 aromatic heterocycles. The van der Waals surface area contributed by atoms with Crippen molar-refractivity contribution in [3.05, 3.63) is 59.7 Å². The molecule has 158 valence electrons. The van der Waals surface area contributed by atoms with Crippen molar-refractivity contribution in [2.45, 2.75) is 6.18 Å². The fourth-order valence-electron chi connectivity index (χ4n) is 2.35. The summed E-state index contributed by atoms with van der Waals surface area (Å²) in [4.78, 5) is 12.3. The molecule has 5 nitrogen and oxygen atoms in total. The van der Waals surface area contributed by atoms with Crippen LogP contribution < -0.4 is 5.32 Å². The topological polar surface area (TPSA) is 56.8 Å². The summed E-state index contributed by atoms with van der Waals surface area (Å²) in [5.41, 5.74) is -0.111. The number of anilines is 2. The summed E-state index contributed by atoms with van der Waals surface area (Å²) in [7, 11) is 0. The summed E-state index contributed by atoms with van der Waals surface area (Å²) in [6.45, 7) is 0.0419. The van der Waals surface area contributed by atoms with E-state index >= 15 is 0 Å². The number of para-hydroxylation sites is 1. The number of alkyl halides is 4. The average Bonchev–Trinajstić information content (AvgIpc) is 2.70. The third kappa shape index (κ3) is 7.71. The molecule has 2 aromatic carbocycles. The highest BCUT2D eigenvalue weighted by atomic mass is 19.4. The van der Waals surface area contributed by atoms with Gasteiger partial charge in [0.15, 0.2) is 0 Å². The Labute approximate surface area is 165 Å². The molecule has 2 aromatic rings. The van der Waals surface area contributed by atoms with Crippen LogP contribution in [-0.2, 0) is 20.4 Å². The molecule has 1 N–H and O–H groups in total. The van der Waals surface area contributed by atoms with E-state index in [9.17, 15) is 22.4 Å². The lowest BCUT2D eigenvalue weighted by atomic mass is 10.1. The maximum atomic E-state index is 12.9. The molecule has 0 fully saturated rings. The van der Waals surface area contributed by atoms with E-state index in [4.69, 9.17) is 14.2 Å². The third-order valence-electron chi connectivity index (χ3n) is 3.67. The molecular weight excluding hydrogens is 394 g/mol. The van der Waals surface area contributed by atoms with Crippen molar-refractivity contribution in [1.82, 2.24) is 0 Å². The predicted molar refractivity (Wildman–Crippen MR) is 99.1 cm³/mol. The molecule has 2 rings (SSSR count). The van der Waals surface area contributed by atoms with Crippen molar-refractivity contribution >= 4 is 17.3 Å². The smallest absolute Gasteiger partial charge is 0.416 e. The van der Waals surface area contributed by atoms with Gasteiger partial charge in [0.2, 0.25) is 0 Å². The molecule has 0 aliphatic heterocycles. The number of carbonyl (C=O) groups excluding carboxylic acids is 1. The minimum absolute atomic E-state index is 0.00794. The summed E-state index contributed by atoms with van der Waals surface area (Å²) in [5, 5.41) is 2.82. The number of carbonyl (C=O) groups is 1. The van der Waals surface area contributed by atoms with Crippen molar-refractivity contribution in [1.29, 1.82) is 0 Å². The first-order valence-electron chi connectivity index (χ1n) is 8.83. The van der Waals surface area contributed by atoms with Gasteiger partial charge in [-0.15, -0.1) is 0 Å². The van der Waals surface area contributed by atoms with Gasteiger partial charge in [-0.05, 0) is 30.3 Å². The zero-order valence-electron chi connectivity index (χ0n) is 15.5. The van der Waals surface area contributed by atoms with Crippen LogP contribution in [0.5, 0.6) is 0 Å². The Bertz CT molecular complexity index is 783. The lowest BCUT2D eigenvalue weighted by Crippen LogP contribution is -2.14. The van der Waals surface area contributed by atoms with Gasteiger partial charge >= 0.3 is 12.1 Å². The average molecular weight is 415 g/mol. The van der Waals surface area contributed by atoms with Gasteiger partial charge in [-0.25, -0.2) is 9.18 Å². The van der Waals surface area contributed by atoms with Gasteiger partial charge in [-0.2, -0.15) is 13.2 Å². The molecule has 0 atom stereocenters. The van der Waals surface area contributed by atoms with Gasteiger partial charge in [-0.3, -0.25) is 0 Å². The predicted octanol–water partition coefficient (Wildman–Crippen LogP) is 4.61. The highest BCUT2D eigenvalue weighted by Gasteiger charge is 2.30. The Balaban J connectivity index is 1.91. The first kappa shape index (κ1) is 22.6. The highest BCUT2D eigenvalue weighted by molar-refractivity contribution is 5.96. The Kier molecular flexibility index (Phi) is 8.88. The summed E-state index contributed by atoms with van der Waals surface area (Å²) >= 11 is 0. The number of hydrogen-bond donors (Lipinski definition) is 1. The fourth-order valence-corrected chi connectivity index (χ4v) is 2.35. The highest BCUT2D eigenvalue weighted by Crippen LogP contribution is 2.31. The van der Waals surface area contributed by atoms with E-state index in [-0.39, 0.29) is 44.3 Å².